The molecule has 0 N–H and O–H groups in total. The van der Waals surface area contributed by atoms with E-state index < -0.39 is 0 Å². The summed E-state index contributed by atoms with van der Waals surface area (Å²) in [5.74, 6) is 1.16. The molecule has 64 valence electrons. The molecule has 1 aliphatic rings. The number of hydrogen-bond donors (Lipinski definition) is 0. The fraction of sp³-hybridized carbons (Fsp3) is 0.444. The zero-order valence-corrected chi connectivity index (χ0v) is 7.97. The molecule has 0 atom stereocenters. The molecule has 1 aromatic heterocycles. The average Bonchev–Trinajstić information content (AvgIpc) is 2.57. The van der Waals surface area contributed by atoms with Crippen LogP contribution < -0.4 is 0 Å². The van der Waals surface area contributed by atoms with Crippen molar-refractivity contribution in [2.45, 2.75) is 6.42 Å². The Kier molecular flexibility index (Phi) is 2.13. The summed E-state index contributed by atoms with van der Waals surface area (Å²) >= 11 is 1.73. The summed E-state index contributed by atoms with van der Waals surface area (Å²) in [6.07, 6.45) is 1.18. The van der Waals surface area contributed by atoms with Gasteiger partial charge in [0.25, 0.3) is 0 Å². The van der Waals surface area contributed by atoms with E-state index in [9.17, 15) is 0 Å². The number of amidine groups is 1. The molecule has 1 aliphatic heterocycles. The van der Waals surface area contributed by atoms with Gasteiger partial charge in [0.1, 0.15) is 5.84 Å². The molecule has 0 bridgehead atoms. The number of aliphatic imine (C=N–C) groups is 1. The van der Waals surface area contributed by atoms with E-state index in [0.29, 0.717) is 0 Å². The Labute approximate surface area is 76.5 Å². The van der Waals surface area contributed by atoms with Crippen LogP contribution in [0.3, 0.4) is 0 Å². The normalized spacial score (nSPS) is 17.8. The van der Waals surface area contributed by atoms with E-state index in [1.165, 1.54) is 12.0 Å². The van der Waals surface area contributed by atoms with Crippen molar-refractivity contribution in [2.24, 2.45) is 4.99 Å². The first-order chi connectivity index (χ1) is 5.88. The zero-order chi connectivity index (χ0) is 8.39. The van der Waals surface area contributed by atoms with Crippen LogP contribution in [0.25, 0.3) is 0 Å². The first kappa shape index (κ1) is 7.80. The van der Waals surface area contributed by atoms with Gasteiger partial charge in [0.2, 0.25) is 0 Å². The first-order valence-corrected chi connectivity index (χ1v) is 5.10. The lowest BCUT2D eigenvalue weighted by atomic mass is 10.2. The first-order valence-electron chi connectivity index (χ1n) is 4.16. The molecular weight excluding hydrogens is 168 g/mol. The Morgan fingerprint density at radius 1 is 1.58 bits per heavy atom. The molecule has 0 unspecified atom stereocenters. The van der Waals surface area contributed by atoms with Crippen molar-refractivity contribution in [1.29, 1.82) is 0 Å². The standard InChI is InChI=1S/C9H12N2S/c1-11-5-2-4-10-9(11)8-3-6-12-7-8/h3,6-7H,2,4-5H2,1H3. The van der Waals surface area contributed by atoms with Gasteiger partial charge in [-0.1, -0.05) is 0 Å². The highest BCUT2D eigenvalue weighted by atomic mass is 32.1. The fourth-order valence-electron chi connectivity index (χ4n) is 1.42. The monoisotopic (exact) mass is 180 g/mol. The summed E-state index contributed by atoms with van der Waals surface area (Å²) < 4.78 is 0. The third-order valence-electron chi connectivity index (χ3n) is 2.05. The molecule has 3 heteroatoms. The summed E-state index contributed by atoms with van der Waals surface area (Å²) in [5, 5.41) is 4.25. The van der Waals surface area contributed by atoms with E-state index in [2.05, 4.69) is 33.8 Å². The van der Waals surface area contributed by atoms with Gasteiger partial charge in [-0.15, -0.1) is 0 Å². The van der Waals surface area contributed by atoms with E-state index >= 15 is 0 Å². The lowest BCUT2D eigenvalue weighted by molar-refractivity contribution is 0.468. The van der Waals surface area contributed by atoms with Crippen LogP contribution >= 0.6 is 11.3 Å². The van der Waals surface area contributed by atoms with E-state index in [0.717, 1.165) is 18.9 Å². The van der Waals surface area contributed by atoms with Crippen LogP contribution in [0.2, 0.25) is 0 Å². The molecule has 0 radical (unpaired) electrons. The van der Waals surface area contributed by atoms with Crippen molar-refractivity contribution >= 4 is 17.2 Å². The largest absolute Gasteiger partial charge is 0.359 e. The lowest BCUT2D eigenvalue weighted by Gasteiger charge is -2.24. The van der Waals surface area contributed by atoms with Crippen LogP contribution in [0.5, 0.6) is 0 Å². The fourth-order valence-corrected chi connectivity index (χ4v) is 2.06. The van der Waals surface area contributed by atoms with Gasteiger partial charge in [-0.25, -0.2) is 0 Å². The Balaban J connectivity index is 2.27. The minimum atomic E-state index is 0.982. The molecule has 0 saturated carbocycles. The van der Waals surface area contributed by atoms with Crippen LogP contribution in [-0.4, -0.2) is 30.9 Å². The molecule has 0 saturated heterocycles. The Morgan fingerprint density at radius 2 is 2.50 bits per heavy atom. The molecule has 12 heavy (non-hydrogen) atoms. The summed E-state index contributed by atoms with van der Waals surface area (Å²) in [4.78, 5) is 6.73. The smallest absolute Gasteiger partial charge is 0.131 e. The number of hydrogen-bond acceptors (Lipinski definition) is 3. The van der Waals surface area contributed by atoms with Gasteiger partial charge in [-0.3, -0.25) is 4.99 Å². The number of rotatable bonds is 1. The highest BCUT2D eigenvalue weighted by Crippen LogP contribution is 2.12. The molecule has 0 spiro atoms. The average molecular weight is 180 g/mol. The molecule has 2 rings (SSSR count). The van der Waals surface area contributed by atoms with Crippen molar-refractivity contribution in [2.75, 3.05) is 20.1 Å². The van der Waals surface area contributed by atoms with Crippen molar-refractivity contribution in [1.82, 2.24) is 4.90 Å². The van der Waals surface area contributed by atoms with Crippen LogP contribution in [0, 0.1) is 0 Å². The molecular formula is C9H12N2S. The molecule has 2 heterocycles. The Morgan fingerprint density at radius 3 is 3.17 bits per heavy atom. The summed E-state index contributed by atoms with van der Waals surface area (Å²) in [6.45, 7) is 2.12. The van der Waals surface area contributed by atoms with Gasteiger partial charge in [-0.2, -0.15) is 11.3 Å². The third-order valence-corrected chi connectivity index (χ3v) is 2.74. The van der Waals surface area contributed by atoms with Gasteiger partial charge in [0.15, 0.2) is 0 Å². The maximum absolute atomic E-state index is 4.50. The van der Waals surface area contributed by atoms with Crippen LogP contribution in [0.1, 0.15) is 12.0 Å². The highest BCUT2D eigenvalue weighted by molar-refractivity contribution is 7.08. The lowest BCUT2D eigenvalue weighted by Crippen LogP contribution is -2.32. The minimum absolute atomic E-state index is 0.982. The van der Waals surface area contributed by atoms with Gasteiger partial charge in [0, 0.05) is 31.1 Å². The van der Waals surface area contributed by atoms with Gasteiger partial charge in [0.05, 0.1) is 0 Å². The third kappa shape index (κ3) is 1.37. The maximum Gasteiger partial charge on any atom is 0.131 e. The topological polar surface area (TPSA) is 15.6 Å². The summed E-state index contributed by atoms with van der Waals surface area (Å²) in [7, 11) is 2.11. The van der Waals surface area contributed by atoms with Crippen LogP contribution in [0.4, 0.5) is 0 Å². The Bertz CT molecular complexity index is 277. The Hall–Kier alpha value is -0.830. The van der Waals surface area contributed by atoms with Crippen LogP contribution in [-0.2, 0) is 0 Å². The second-order valence-corrected chi connectivity index (χ2v) is 3.77. The molecule has 0 aromatic carbocycles. The summed E-state index contributed by atoms with van der Waals surface area (Å²) in [6, 6.07) is 2.13. The van der Waals surface area contributed by atoms with E-state index in [1.54, 1.807) is 11.3 Å². The second-order valence-electron chi connectivity index (χ2n) is 2.99. The molecule has 2 nitrogen and oxygen atoms in total. The minimum Gasteiger partial charge on any atom is -0.359 e. The predicted octanol–water partition coefficient (Wildman–Crippen LogP) is 1.83. The number of thiophene rings is 1. The number of nitrogens with zero attached hydrogens (tertiary/aromatic N) is 2. The molecule has 1 aromatic rings. The van der Waals surface area contributed by atoms with Crippen molar-refractivity contribution in [3.8, 4) is 0 Å². The SMILES string of the molecule is CN1CCCN=C1c1ccsc1. The van der Waals surface area contributed by atoms with Crippen LogP contribution in [0.15, 0.2) is 21.8 Å². The van der Waals surface area contributed by atoms with Crippen molar-refractivity contribution < 1.29 is 0 Å². The van der Waals surface area contributed by atoms with Gasteiger partial charge >= 0.3 is 0 Å². The predicted molar refractivity (Wildman–Crippen MR) is 53.0 cm³/mol. The van der Waals surface area contributed by atoms with Gasteiger partial charge in [-0.05, 0) is 17.9 Å². The highest BCUT2D eigenvalue weighted by Gasteiger charge is 2.12. The van der Waals surface area contributed by atoms with Crippen molar-refractivity contribution in [3.63, 3.8) is 0 Å². The summed E-state index contributed by atoms with van der Waals surface area (Å²) in [5.41, 5.74) is 1.27. The quantitative estimate of drug-likeness (QED) is 0.643. The van der Waals surface area contributed by atoms with Crippen molar-refractivity contribution in [3.05, 3.63) is 22.4 Å². The molecule has 0 aliphatic carbocycles. The van der Waals surface area contributed by atoms with E-state index in [1.807, 2.05) is 0 Å². The zero-order valence-electron chi connectivity index (χ0n) is 7.16. The van der Waals surface area contributed by atoms with Gasteiger partial charge < -0.3 is 4.90 Å². The van der Waals surface area contributed by atoms with E-state index in [-0.39, 0.29) is 0 Å². The maximum atomic E-state index is 4.50. The molecule has 0 amide bonds. The second kappa shape index (κ2) is 3.27. The molecule has 0 fully saturated rings. The van der Waals surface area contributed by atoms with E-state index in [4.69, 9.17) is 0 Å².